The van der Waals surface area contributed by atoms with Gasteiger partial charge in [0.2, 0.25) is 5.91 Å². The number of rotatable bonds is 5. The summed E-state index contributed by atoms with van der Waals surface area (Å²) in [7, 11) is -4.41. The quantitative estimate of drug-likeness (QED) is 0.411. The van der Waals surface area contributed by atoms with Gasteiger partial charge < -0.3 is 9.64 Å². The first-order valence-electron chi connectivity index (χ1n) is 7.12. The van der Waals surface area contributed by atoms with Crippen LogP contribution in [0.1, 0.15) is 0 Å². The molecule has 1 aliphatic heterocycles. The summed E-state index contributed by atoms with van der Waals surface area (Å²) in [4.78, 5) is 22.0. The van der Waals surface area contributed by atoms with Crippen molar-refractivity contribution in [1.29, 1.82) is 0 Å². The van der Waals surface area contributed by atoms with Gasteiger partial charge in [-0.05, 0) is 23.9 Å². The number of alkyl halides is 3. The maximum atomic E-state index is 12.4. The van der Waals surface area contributed by atoms with Gasteiger partial charge in [-0.25, -0.2) is 8.42 Å². The Hall–Kier alpha value is -1.86. The summed E-state index contributed by atoms with van der Waals surface area (Å²) < 4.78 is 67.0. The number of morpholine rings is 1. The fourth-order valence-electron chi connectivity index (χ4n) is 2.24. The van der Waals surface area contributed by atoms with E-state index in [4.69, 9.17) is 4.74 Å². The number of sulfone groups is 1. The minimum atomic E-state index is -4.68. The van der Waals surface area contributed by atoms with Gasteiger partial charge >= 0.3 is 5.51 Å². The van der Waals surface area contributed by atoms with Crippen LogP contribution in [0.2, 0.25) is 0 Å². The van der Waals surface area contributed by atoms with E-state index in [1.165, 1.54) is 4.90 Å². The Morgan fingerprint density at radius 1 is 1.31 bits per heavy atom. The molecule has 1 fully saturated rings. The van der Waals surface area contributed by atoms with Crippen LogP contribution in [0.15, 0.2) is 28.0 Å². The summed E-state index contributed by atoms with van der Waals surface area (Å²) in [5, 5.41) is 11.1. The zero-order chi connectivity index (χ0) is 19.5. The van der Waals surface area contributed by atoms with E-state index in [0.717, 1.165) is 6.07 Å². The lowest BCUT2D eigenvalue weighted by atomic mass is 10.3. The Labute approximate surface area is 150 Å². The highest BCUT2D eigenvalue weighted by Crippen LogP contribution is 2.39. The molecule has 0 radical (unpaired) electrons. The molecule has 13 heteroatoms. The van der Waals surface area contributed by atoms with Gasteiger partial charge in [-0.1, -0.05) is 0 Å². The number of nitro groups is 1. The first kappa shape index (κ1) is 20.5. The minimum absolute atomic E-state index is 0.192. The number of benzene rings is 1. The van der Waals surface area contributed by atoms with Crippen molar-refractivity contribution in [3.63, 3.8) is 0 Å². The van der Waals surface area contributed by atoms with Gasteiger partial charge in [-0.2, -0.15) is 13.2 Å². The molecule has 8 nitrogen and oxygen atoms in total. The van der Waals surface area contributed by atoms with E-state index < -0.39 is 59.2 Å². The Morgan fingerprint density at radius 2 is 1.92 bits per heavy atom. The van der Waals surface area contributed by atoms with E-state index in [9.17, 15) is 36.5 Å². The molecule has 0 bridgehead atoms. The highest BCUT2D eigenvalue weighted by atomic mass is 32.2. The second-order valence-corrected chi connectivity index (χ2v) is 8.28. The largest absolute Gasteiger partial charge is 0.446 e. The molecular formula is C13H13F3N2O6S2. The summed E-state index contributed by atoms with van der Waals surface area (Å²) >= 11 is -0.600. The molecule has 1 amide bonds. The summed E-state index contributed by atoms with van der Waals surface area (Å²) in [5.74, 6) is -1.77. The molecular weight excluding hydrogens is 401 g/mol. The normalized spacial score (nSPS) is 15.7. The zero-order valence-corrected chi connectivity index (χ0v) is 14.7. The highest BCUT2D eigenvalue weighted by molar-refractivity contribution is 8.00. The maximum Gasteiger partial charge on any atom is 0.446 e. The summed E-state index contributed by atoms with van der Waals surface area (Å²) in [6.07, 6.45) is 0. The van der Waals surface area contributed by atoms with E-state index >= 15 is 0 Å². The molecule has 1 aromatic carbocycles. The highest BCUT2D eigenvalue weighted by Gasteiger charge is 2.34. The number of carbonyl (C=O) groups is 1. The van der Waals surface area contributed by atoms with Crippen molar-refractivity contribution < 1.29 is 36.0 Å². The number of nitrogens with zero attached hydrogens (tertiary/aromatic N) is 2. The van der Waals surface area contributed by atoms with Crippen molar-refractivity contribution >= 4 is 33.2 Å². The Morgan fingerprint density at radius 3 is 2.46 bits per heavy atom. The van der Waals surface area contributed by atoms with E-state index in [1.807, 2.05) is 0 Å². The molecule has 144 valence electrons. The second kappa shape index (κ2) is 7.80. The van der Waals surface area contributed by atoms with Crippen LogP contribution in [0.25, 0.3) is 0 Å². The fraction of sp³-hybridized carbons (Fsp3) is 0.462. The third kappa shape index (κ3) is 5.32. The number of ether oxygens (including phenoxy) is 1. The lowest BCUT2D eigenvalue weighted by Crippen LogP contribution is -2.43. The Balaban J connectivity index is 2.29. The molecule has 2 rings (SSSR count). The maximum absolute atomic E-state index is 12.4. The first-order chi connectivity index (χ1) is 12.0. The predicted molar refractivity (Wildman–Crippen MR) is 84.5 cm³/mol. The van der Waals surface area contributed by atoms with Crippen molar-refractivity contribution in [1.82, 2.24) is 4.90 Å². The van der Waals surface area contributed by atoms with Gasteiger partial charge in [-0.15, -0.1) is 0 Å². The molecule has 0 N–H and O–H groups in total. The van der Waals surface area contributed by atoms with Crippen LogP contribution >= 0.6 is 11.8 Å². The summed E-state index contributed by atoms with van der Waals surface area (Å²) in [6.45, 7) is 0.875. The van der Waals surface area contributed by atoms with Crippen LogP contribution in [0.5, 0.6) is 0 Å². The van der Waals surface area contributed by atoms with Crippen LogP contribution in [-0.2, 0) is 19.4 Å². The number of carbonyl (C=O) groups excluding carboxylic acids is 1. The number of thioether (sulfide) groups is 1. The van der Waals surface area contributed by atoms with Gasteiger partial charge in [0.1, 0.15) is 10.6 Å². The van der Waals surface area contributed by atoms with E-state index in [2.05, 4.69) is 0 Å². The lowest BCUT2D eigenvalue weighted by molar-refractivity contribution is -0.388. The molecule has 0 saturated carbocycles. The molecule has 1 heterocycles. The first-order valence-corrected chi connectivity index (χ1v) is 9.59. The van der Waals surface area contributed by atoms with Crippen LogP contribution in [-0.4, -0.2) is 61.7 Å². The lowest BCUT2D eigenvalue weighted by Gasteiger charge is -2.26. The number of halogens is 3. The number of nitro benzene ring substituents is 1. The average molecular weight is 414 g/mol. The second-order valence-electron chi connectivity index (χ2n) is 5.19. The van der Waals surface area contributed by atoms with E-state index in [1.54, 1.807) is 0 Å². The van der Waals surface area contributed by atoms with Crippen molar-refractivity contribution in [2.75, 3.05) is 32.1 Å². The SMILES string of the molecule is O=C(CS(=O)(=O)c1ccc(SC(F)(F)F)cc1[N+](=O)[O-])N1CCOCC1. The average Bonchev–Trinajstić information content (AvgIpc) is 2.53. The zero-order valence-electron chi connectivity index (χ0n) is 13.1. The molecule has 1 saturated heterocycles. The summed E-state index contributed by atoms with van der Waals surface area (Å²) in [5.41, 5.74) is -5.69. The van der Waals surface area contributed by atoms with Crippen LogP contribution in [0, 0.1) is 10.1 Å². The molecule has 26 heavy (non-hydrogen) atoms. The van der Waals surface area contributed by atoms with Gasteiger partial charge in [-0.3, -0.25) is 14.9 Å². The predicted octanol–water partition coefficient (Wildman–Crippen LogP) is 1.84. The smallest absolute Gasteiger partial charge is 0.378 e. The van der Waals surface area contributed by atoms with Gasteiger partial charge in [0.25, 0.3) is 5.69 Å². The third-order valence-corrected chi connectivity index (χ3v) is 5.74. The monoisotopic (exact) mass is 414 g/mol. The van der Waals surface area contributed by atoms with Gasteiger partial charge in [0.05, 0.1) is 18.1 Å². The third-order valence-electron chi connectivity index (χ3n) is 3.37. The van der Waals surface area contributed by atoms with Crippen LogP contribution in [0.3, 0.4) is 0 Å². The standard InChI is InChI=1S/C13H13F3N2O6S2/c14-13(15,16)25-9-1-2-11(10(7-9)18(20)21)26(22,23)8-12(19)17-3-5-24-6-4-17/h1-2,7H,3-6,8H2. The molecule has 0 aliphatic carbocycles. The molecule has 1 aromatic rings. The van der Waals surface area contributed by atoms with E-state index in [-0.39, 0.29) is 26.3 Å². The van der Waals surface area contributed by atoms with Crippen molar-refractivity contribution in [2.24, 2.45) is 0 Å². The van der Waals surface area contributed by atoms with Gasteiger partial charge in [0, 0.05) is 24.1 Å². The molecule has 0 unspecified atom stereocenters. The van der Waals surface area contributed by atoms with Crippen molar-refractivity contribution in [3.8, 4) is 0 Å². The van der Waals surface area contributed by atoms with Crippen molar-refractivity contribution in [2.45, 2.75) is 15.3 Å². The summed E-state index contributed by atoms with van der Waals surface area (Å²) in [6, 6.07) is 2.07. The molecule has 0 atom stereocenters. The Kier molecular flexibility index (Phi) is 6.13. The number of hydrogen-bond acceptors (Lipinski definition) is 7. The van der Waals surface area contributed by atoms with Crippen LogP contribution < -0.4 is 0 Å². The number of hydrogen-bond donors (Lipinski definition) is 0. The number of amides is 1. The molecule has 0 spiro atoms. The van der Waals surface area contributed by atoms with E-state index in [0.29, 0.717) is 12.1 Å². The molecule has 1 aliphatic rings. The van der Waals surface area contributed by atoms with Crippen molar-refractivity contribution in [3.05, 3.63) is 28.3 Å². The molecule has 0 aromatic heterocycles. The van der Waals surface area contributed by atoms with Crippen LogP contribution in [0.4, 0.5) is 18.9 Å². The van der Waals surface area contributed by atoms with Gasteiger partial charge in [0.15, 0.2) is 9.84 Å². The topological polar surface area (TPSA) is 107 Å². The fourth-order valence-corrected chi connectivity index (χ4v) is 4.21. The minimum Gasteiger partial charge on any atom is -0.378 e. The Bertz CT molecular complexity index is 807.